The lowest BCUT2D eigenvalue weighted by atomic mass is 10.0. The highest BCUT2D eigenvalue weighted by atomic mass is 16.7. The van der Waals surface area contributed by atoms with E-state index in [1.807, 2.05) is 0 Å². The zero-order valence-electron chi connectivity index (χ0n) is 14.9. The van der Waals surface area contributed by atoms with E-state index >= 15 is 0 Å². The van der Waals surface area contributed by atoms with Gasteiger partial charge in [-0.25, -0.2) is 20.1 Å². The molecule has 2 aliphatic rings. The van der Waals surface area contributed by atoms with Crippen LogP contribution in [0, 0.1) is 0 Å². The lowest BCUT2D eigenvalue weighted by molar-refractivity contribution is -0.139. The van der Waals surface area contributed by atoms with Crippen molar-refractivity contribution in [2.75, 3.05) is 13.2 Å². The van der Waals surface area contributed by atoms with E-state index in [0.29, 0.717) is 24.4 Å². The van der Waals surface area contributed by atoms with Crippen molar-refractivity contribution in [3.05, 3.63) is 0 Å². The number of piperidine rings is 1. The van der Waals surface area contributed by atoms with Crippen molar-refractivity contribution >= 4 is 18.0 Å². The molecule has 0 saturated carbocycles. The number of nitrogens with zero attached hydrogens (tertiary/aromatic N) is 2. The second-order valence-electron chi connectivity index (χ2n) is 7.35. The molecule has 4 amide bonds. The number of nitrogens with one attached hydrogen (secondary N) is 2. The van der Waals surface area contributed by atoms with Crippen molar-refractivity contribution in [2.45, 2.75) is 64.3 Å². The molecule has 2 fully saturated rings. The maximum atomic E-state index is 12.2. The van der Waals surface area contributed by atoms with Crippen LogP contribution in [-0.4, -0.2) is 70.1 Å². The first-order valence-electron chi connectivity index (χ1n) is 8.28. The van der Waals surface area contributed by atoms with Crippen molar-refractivity contribution in [2.24, 2.45) is 0 Å². The third-order valence-corrected chi connectivity index (χ3v) is 3.92. The van der Waals surface area contributed by atoms with E-state index in [2.05, 4.69) is 10.8 Å². The van der Waals surface area contributed by atoms with Gasteiger partial charge in [-0.15, -0.1) is 0 Å². The third-order valence-electron chi connectivity index (χ3n) is 3.92. The zero-order valence-corrected chi connectivity index (χ0v) is 14.9. The number of carbonyl (C=O) groups excluding carboxylic acids is 3. The van der Waals surface area contributed by atoms with Gasteiger partial charge in [0.2, 0.25) is 0 Å². The number of fused-ring (bicyclic) bond motifs is 2. The summed E-state index contributed by atoms with van der Waals surface area (Å²) in [5, 5.41) is 12.9. The van der Waals surface area contributed by atoms with Gasteiger partial charge in [0.25, 0.3) is 5.91 Å². The second kappa shape index (κ2) is 7.44. The number of hydroxylamine groups is 3. The maximum Gasteiger partial charge on any atom is 0.407 e. The van der Waals surface area contributed by atoms with Crippen molar-refractivity contribution < 1.29 is 29.2 Å². The van der Waals surface area contributed by atoms with E-state index in [0.717, 1.165) is 0 Å². The molecule has 0 aromatic heterocycles. The zero-order chi connectivity index (χ0) is 18.8. The summed E-state index contributed by atoms with van der Waals surface area (Å²) in [4.78, 5) is 42.1. The summed E-state index contributed by atoms with van der Waals surface area (Å²) in [6.07, 6.45) is 0.431. The third kappa shape index (κ3) is 4.95. The van der Waals surface area contributed by atoms with E-state index in [1.165, 1.54) is 4.90 Å². The molecule has 0 unspecified atom stereocenters. The Morgan fingerprint density at radius 3 is 2.68 bits per heavy atom. The predicted octanol–water partition coefficient (Wildman–Crippen LogP) is 0.605. The molecule has 25 heavy (non-hydrogen) atoms. The largest absolute Gasteiger partial charge is 0.444 e. The molecule has 10 heteroatoms. The van der Waals surface area contributed by atoms with Gasteiger partial charge in [0.05, 0.1) is 18.7 Å². The summed E-state index contributed by atoms with van der Waals surface area (Å²) in [5.74, 6) is -0.452. The lowest BCUT2D eigenvalue weighted by Crippen LogP contribution is -2.50. The van der Waals surface area contributed by atoms with E-state index < -0.39 is 29.7 Å². The van der Waals surface area contributed by atoms with Crippen molar-refractivity contribution in [3.8, 4) is 0 Å². The number of amides is 4. The Kier molecular flexibility index (Phi) is 5.73. The topological polar surface area (TPSA) is 120 Å². The number of rotatable bonds is 5. The maximum absolute atomic E-state index is 12.2. The smallest absolute Gasteiger partial charge is 0.407 e. The standard InChI is InChI=1S/C15H26N4O6/c1-9(16-13(21)25-15(2,3)4)8-24-17-12(20)11-6-5-10-7-18(11)14(22)19(10)23/h9-11,23H,5-8H2,1-4H3,(H,16,21)(H,17,20)/t9-,10+,11-/m0/s1. The first-order chi connectivity index (χ1) is 11.6. The first kappa shape index (κ1) is 19.3. The van der Waals surface area contributed by atoms with Gasteiger partial charge < -0.3 is 15.0 Å². The van der Waals surface area contributed by atoms with Crippen LogP contribution in [0.1, 0.15) is 40.5 Å². The minimum absolute atomic E-state index is 0.0421. The van der Waals surface area contributed by atoms with Crippen LogP contribution >= 0.6 is 0 Å². The number of hydrogen-bond donors (Lipinski definition) is 3. The van der Waals surface area contributed by atoms with Gasteiger partial charge in [0, 0.05) is 6.54 Å². The SMILES string of the molecule is C[C@@H](CONC(=O)[C@@H]1CC[C@@H]2CN1C(=O)N2O)NC(=O)OC(C)(C)C. The van der Waals surface area contributed by atoms with Crippen molar-refractivity contribution in [3.63, 3.8) is 0 Å². The fourth-order valence-electron chi connectivity index (χ4n) is 2.78. The molecule has 3 atom stereocenters. The average Bonchev–Trinajstić information content (AvgIpc) is 2.70. The van der Waals surface area contributed by atoms with E-state index in [4.69, 9.17) is 9.57 Å². The molecule has 0 aromatic rings. The highest BCUT2D eigenvalue weighted by Gasteiger charge is 2.46. The van der Waals surface area contributed by atoms with Crippen molar-refractivity contribution in [1.82, 2.24) is 20.8 Å². The minimum Gasteiger partial charge on any atom is -0.444 e. The summed E-state index contributed by atoms with van der Waals surface area (Å²) in [7, 11) is 0. The summed E-state index contributed by atoms with van der Waals surface area (Å²) >= 11 is 0. The highest BCUT2D eigenvalue weighted by molar-refractivity contribution is 5.87. The normalized spacial score (nSPS) is 24.1. The minimum atomic E-state index is -0.671. The molecule has 10 nitrogen and oxygen atoms in total. The molecule has 0 radical (unpaired) electrons. The van der Waals surface area contributed by atoms with Crippen LogP contribution in [0.4, 0.5) is 9.59 Å². The summed E-state index contributed by atoms with van der Waals surface area (Å²) in [5.41, 5.74) is 1.70. The van der Waals surface area contributed by atoms with E-state index in [-0.39, 0.29) is 18.7 Å². The van der Waals surface area contributed by atoms with Gasteiger partial charge in [0.15, 0.2) is 0 Å². The number of urea groups is 1. The van der Waals surface area contributed by atoms with Gasteiger partial charge in [0.1, 0.15) is 11.6 Å². The Bertz CT molecular complexity index is 535. The van der Waals surface area contributed by atoms with E-state index in [9.17, 15) is 19.6 Å². The molecule has 2 aliphatic heterocycles. The molecule has 0 spiro atoms. The molecule has 3 N–H and O–H groups in total. The Labute approximate surface area is 146 Å². The van der Waals surface area contributed by atoms with Crippen LogP contribution in [-0.2, 0) is 14.4 Å². The number of alkyl carbamates (subject to hydrolysis) is 1. The van der Waals surface area contributed by atoms with Gasteiger partial charge in [-0.1, -0.05) is 0 Å². The monoisotopic (exact) mass is 358 g/mol. The molecule has 2 bridgehead atoms. The van der Waals surface area contributed by atoms with Gasteiger partial charge >= 0.3 is 12.1 Å². The number of hydrogen-bond acceptors (Lipinski definition) is 6. The molecule has 0 aromatic carbocycles. The molecule has 2 saturated heterocycles. The fourth-order valence-corrected chi connectivity index (χ4v) is 2.78. The van der Waals surface area contributed by atoms with Gasteiger partial charge in [-0.3, -0.25) is 14.8 Å². The average molecular weight is 358 g/mol. The molecular weight excluding hydrogens is 332 g/mol. The Morgan fingerprint density at radius 2 is 2.04 bits per heavy atom. The van der Waals surface area contributed by atoms with Crippen molar-refractivity contribution in [1.29, 1.82) is 0 Å². The van der Waals surface area contributed by atoms with Crippen LogP contribution in [0.2, 0.25) is 0 Å². The Hall–Kier alpha value is -2.07. The predicted molar refractivity (Wildman–Crippen MR) is 85.5 cm³/mol. The Balaban J connectivity index is 1.72. The van der Waals surface area contributed by atoms with Crippen LogP contribution in [0.15, 0.2) is 0 Å². The molecule has 2 rings (SSSR count). The van der Waals surface area contributed by atoms with Crippen LogP contribution in [0.3, 0.4) is 0 Å². The molecular formula is C15H26N4O6. The van der Waals surface area contributed by atoms with Gasteiger partial charge in [-0.05, 0) is 40.5 Å². The van der Waals surface area contributed by atoms with Crippen LogP contribution < -0.4 is 10.8 Å². The summed E-state index contributed by atoms with van der Waals surface area (Å²) in [6, 6.07) is -1.87. The first-order valence-corrected chi connectivity index (χ1v) is 8.28. The van der Waals surface area contributed by atoms with Crippen LogP contribution in [0.5, 0.6) is 0 Å². The fraction of sp³-hybridized carbons (Fsp3) is 0.800. The lowest BCUT2D eigenvalue weighted by Gasteiger charge is -2.29. The van der Waals surface area contributed by atoms with E-state index in [1.54, 1.807) is 27.7 Å². The number of carbonyl (C=O) groups is 3. The molecule has 142 valence electrons. The highest BCUT2D eigenvalue weighted by Crippen LogP contribution is 2.28. The quantitative estimate of drug-likeness (QED) is 0.489. The molecule has 2 heterocycles. The summed E-state index contributed by atoms with van der Waals surface area (Å²) in [6.45, 7) is 7.35. The van der Waals surface area contributed by atoms with Gasteiger partial charge in [-0.2, -0.15) is 0 Å². The van der Waals surface area contributed by atoms with Crippen LogP contribution in [0.25, 0.3) is 0 Å². The second-order valence-corrected chi connectivity index (χ2v) is 7.35. The Morgan fingerprint density at radius 1 is 1.36 bits per heavy atom. The summed E-state index contributed by atoms with van der Waals surface area (Å²) < 4.78 is 5.12. The number of ether oxygens (including phenoxy) is 1. The molecule has 0 aliphatic carbocycles.